The van der Waals surface area contributed by atoms with Gasteiger partial charge in [0.05, 0.1) is 23.1 Å². The molecule has 0 spiro atoms. The first-order chi connectivity index (χ1) is 17.8. The zero-order chi connectivity index (χ0) is 27.9. The zero-order valence-corrected chi connectivity index (χ0v) is 21.0. The highest BCUT2D eigenvalue weighted by Crippen LogP contribution is 2.57. The Kier molecular flexibility index (Phi) is 5.72. The van der Waals surface area contributed by atoms with Crippen LogP contribution in [0, 0.1) is 23.7 Å². The summed E-state index contributed by atoms with van der Waals surface area (Å²) in [6.45, 7) is 1.42. The highest BCUT2D eigenvalue weighted by molar-refractivity contribution is 6.32. The summed E-state index contributed by atoms with van der Waals surface area (Å²) < 4.78 is 0. The Morgan fingerprint density at radius 1 is 0.974 bits per heavy atom. The normalized spacial score (nSPS) is 34.5. The molecule has 0 bridgehead atoms. The standard InChI is InChI=1S/C28H28N2O8/c1-27(37)14-11-15-21(30(2)3)23(33)19(26(29)36)25(35)28(15,38)24(34)17(14)22(32)18-16(31)10-9-13(20(18)27)12-7-5-4-6-8-12/h4-10,14-15,17,19,21,31,37-38H,11H2,1-3H3,(H2,29,36)/t14-,15-,17?,19?,21-,27?,28-/m1/s1. The van der Waals surface area contributed by atoms with Gasteiger partial charge in [-0.25, -0.2) is 0 Å². The minimum Gasteiger partial charge on any atom is -0.507 e. The fourth-order valence-corrected chi connectivity index (χ4v) is 6.87. The predicted molar refractivity (Wildman–Crippen MR) is 133 cm³/mol. The lowest BCUT2D eigenvalue weighted by Gasteiger charge is -2.55. The Hall–Kier alpha value is -3.73. The van der Waals surface area contributed by atoms with E-state index in [1.165, 1.54) is 32.0 Å². The molecule has 1 amide bonds. The van der Waals surface area contributed by atoms with Crippen LogP contribution in [0.2, 0.25) is 0 Å². The monoisotopic (exact) mass is 520 g/mol. The molecule has 2 fully saturated rings. The molecular formula is C28H28N2O8. The molecule has 3 unspecified atom stereocenters. The van der Waals surface area contributed by atoms with Crippen LogP contribution in [0.4, 0.5) is 0 Å². The van der Waals surface area contributed by atoms with Crippen molar-refractivity contribution in [3.63, 3.8) is 0 Å². The summed E-state index contributed by atoms with van der Waals surface area (Å²) in [6, 6.07) is 10.5. The second kappa shape index (κ2) is 8.39. The molecule has 0 aliphatic heterocycles. The summed E-state index contributed by atoms with van der Waals surface area (Å²) in [5.74, 6) is -12.3. The number of phenols is 1. The number of carbonyl (C=O) groups is 5. The smallest absolute Gasteiger partial charge is 0.235 e. The molecule has 10 heteroatoms. The number of ketones is 4. The molecule has 5 rings (SSSR count). The van der Waals surface area contributed by atoms with Crippen molar-refractivity contribution >= 4 is 29.0 Å². The second-order valence-electron chi connectivity index (χ2n) is 10.8. The van der Waals surface area contributed by atoms with Gasteiger partial charge in [0.1, 0.15) is 5.75 Å². The van der Waals surface area contributed by atoms with E-state index in [1.54, 1.807) is 36.4 Å². The van der Waals surface area contributed by atoms with Gasteiger partial charge in [0, 0.05) is 17.4 Å². The van der Waals surface area contributed by atoms with E-state index in [4.69, 9.17) is 5.73 Å². The zero-order valence-electron chi connectivity index (χ0n) is 21.0. The van der Waals surface area contributed by atoms with Crippen LogP contribution in [-0.2, 0) is 24.8 Å². The number of rotatable bonds is 3. The van der Waals surface area contributed by atoms with Crippen molar-refractivity contribution < 1.29 is 39.3 Å². The number of fused-ring (bicyclic) bond motifs is 3. The molecule has 0 saturated heterocycles. The minimum absolute atomic E-state index is 0.123. The van der Waals surface area contributed by atoms with Crippen molar-refractivity contribution in [3.05, 3.63) is 53.6 Å². The fourth-order valence-electron chi connectivity index (χ4n) is 6.87. The summed E-state index contributed by atoms with van der Waals surface area (Å²) >= 11 is 0. The number of aliphatic hydroxyl groups is 2. The van der Waals surface area contributed by atoms with Crippen molar-refractivity contribution in [1.29, 1.82) is 0 Å². The van der Waals surface area contributed by atoms with Gasteiger partial charge in [-0.2, -0.15) is 0 Å². The van der Waals surface area contributed by atoms with Gasteiger partial charge in [-0.3, -0.25) is 28.9 Å². The molecule has 10 nitrogen and oxygen atoms in total. The lowest BCUT2D eigenvalue weighted by atomic mass is 9.49. The number of phenolic OH excluding ortho intramolecular Hbond substituents is 1. The average molecular weight is 521 g/mol. The van der Waals surface area contributed by atoms with Gasteiger partial charge < -0.3 is 21.1 Å². The number of benzene rings is 2. The molecule has 38 heavy (non-hydrogen) atoms. The number of hydrogen-bond acceptors (Lipinski definition) is 9. The first kappa shape index (κ1) is 25.9. The van der Waals surface area contributed by atoms with Crippen LogP contribution in [0.3, 0.4) is 0 Å². The number of likely N-dealkylation sites (N-methyl/N-ethyl adjacent to an activating group) is 1. The van der Waals surface area contributed by atoms with Crippen LogP contribution in [0.15, 0.2) is 42.5 Å². The van der Waals surface area contributed by atoms with E-state index in [0.29, 0.717) is 11.1 Å². The molecule has 3 aliphatic carbocycles. The Morgan fingerprint density at radius 3 is 2.18 bits per heavy atom. The van der Waals surface area contributed by atoms with Crippen LogP contribution in [0.1, 0.15) is 29.3 Å². The van der Waals surface area contributed by atoms with E-state index in [2.05, 4.69) is 0 Å². The summed E-state index contributed by atoms with van der Waals surface area (Å²) in [5.41, 5.74) is 1.56. The van der Waals surface area contributed by atoms with Crippen LogP contribution >= 0.6 is 0 Å². The van der Waals surface area contributed by atoms with E-state index in [1.807, 2.05) is 0 Å². The molecule has 2 aromatic rings. The van der Waals surface area contributed by atoms with E-state index in [0.717, 1.165) is 0 Å². The summed E-state index contributed by atoms with van der Waals surface area (Å²) in [6.07, 6.45) is -0.263. The number of carbonyl (C=O) groups excluding carboxylic acids is 5. The predicted octanol–water partition coefficient (Wildman–Crippen LogP) is 0.199. The highest BCUT2D eigenvalue weighted by atomic mass is 16.3. The van der Waals surface area contributed by atoms with Gasteiger partial charge in [0.15, 0.2) is 34.7 Å². The minimum atomic E-state index is -2.86. The SMILES string of the molecule is CN(C)[C@H]1C(=O)C(C(N)=O)C(=O)[C@]2(O)C(=O)C3C(=O)c4c(O)ccc(-c5ccccc5)c4C(C)(O)[C@@H]3C[C@H]12. The number of nitrogens with two attached hydrogens (primary N) is 1. The number of hydrogen-bond donors (Lipinski definition) is 4. The second-order valence-corrected chi connectivity index (χ2v) is 10.8. The number of amides is 1. The summed E-state index contributed by atoms with van der Waals surface area (Å²) in [4.78, 5) is 68.0. The van der Waals surface area contributed by atoms with Crippen molar-refractivity contribution in [3.8, 4) is 16.9 Å². The Labute approximate surface area is 218 Å². The van der Waals surface area contributed by atoms with E-state index >= 15 is 0 Å². The highest BCUT2D eigenvalue weighted by Gasteiger charge is 2.71. The Balaban J connectivity index is 1.75. The van der Waals surface area contributed by atoms with E-state index in [9.17, 15) is 39.3 Å². The third kappa shape index (κ3) is 3.20. The maximum atomic E-state index is 14.0. The van der Waals surface area contributed by atoms with Gasteiger partial charge in [-0.15, -0.1) is 0 Å². The van der Waals surface area contributed by atoms with Gasteiger partial charge in [-0.05, 0) is 44.6 Å². The molecule has 7 atom stereocenters. The van der Waals surface area contributed by atoms with Gasteiger partial charge in [-0.1, -0.05) is 36.4 Å². The van der Waals surface area contributed by atoms with Crippen LogP contribution in [-0.4, -0.2) is 75.0 Å². The number of aromatic hydroxyl groups is 1. The van der Waals surface area contributed by atoms with Crippen LogP contribution < -0.4 is 5.73 Å². The van der Waals surface area contributed by atoms with Gasteiger partial charge in [0.25, 0.3) is 0 Å². The lowest BCUT2D eigenvalue weighted by molar-refractivity contribution is -0.188. The molecule has 0 heterocycles. The van der Waals surface area contributed by atoms with Gasteiger partial charge >= 0.3 is 0 Å². The first-order valence-electron chi connectivity index (χ1n) is 12.2. The molecule has 2 saturated carbocycles. The number of primary amides is 1. The summed E-state index contributed by atoms with van der Waals surface area (Å²) in [5, 5.41) is 34.5. The molecule has 3 aliphatic rings. The number of nitrogens with zero attached hydrogens (tertiary/aromatic N) is 1. The summed E-state index contributed by atoms with van der Waals surface area (Å²) in [7, 11) is 3.00. The third-order valence-corrected chi connectivity index (χ3v) is 8.57. The maximum Gasteiger partial charge on any atom is 0.235 e. The molecule has 0 aromatic heterocycles. The molecular weight excluding hydrogens is 492 g/mol. The third-order valence-electron chi connectivity index (χ3n) is 8.57. The van der Waals surface area contributed by atoms with Crippen molar-refractivity contribution in [2.75, 3.05) is 14.1 Å². The van der Waals surface area contributed by atoms with Crippen molar-refractivity contribution in [2.45, 2.75) is 30.6 Å². The topological polar surface area (TPSA) is 175 Å². The fraction of sp³-hybridized carbons (Fsp3) is 0.393. The lowest BCUT2D eigenvalue weighted by Crippen LogP contribution is -2.75. The van der Waals surface area contributed by atoms with Crippen molar-refractivity contribution in [2.24, 2.45) is 29.4 Å². The van der Waals surface area contributed by atoms with Gasteiger partial charge in [0.2, 0.25) is 5.91 Å². The molecule has 0 radical (unpaired) electrons. The largest absolute Gasteiger partial charge is 0.507 e. The van der Waals surface area contributed by atoms with E-state index in [-0.39, 0.29) is 17.5 Å². The first-order valence-corrected chi connectivity index (χ1v) is 12.2. The van der Waals surface area contributed by atoms with Crippen LogP contribution in [0.25, 0.3) is 11.1 Å². The van der Waals surface area contributed by atoms with Crippen LogP contribution in [0.5, 0.6) is 5.75 Å². The Morgan fingerprint density at radius 2 is 1.61 bits per heavy atom. The van der Waals surface area contributed by atoms with E-state index < -0.39 is 75.7 Å². The number of Topliss-reactive ketones (excluding diaryl/α,β-unsaturated/α-hetero) is 4. The maximum absolute atomic E-state index is 14.0. The average Bonchev–Trinajstić information content (AvgIpc) is 2.84. The Bertz CT molecular complexity index is 1420. The molecule has 2 aromatic carbocycles. The van der Waals surface area contributed by atoms with Crippen molar-refractivity contribution in [1.82, 2.24) is 4.90 Å². The quantitative estimate of drug-likeness (QED) is 0.412. The molecule has 5 N–H and O–H groups in total. The molecule has 198 valence electrons.